The molecule has 0 fully saturated rings. The maximum atomic E-state index is 13.0. The molecule has 0 bridgehead atoms. The summed E-state index contributed by atoms with van der Waals surface area (Å²) >= 11 is 0. The normalized spacial score (nSPS) is 15.7. The van der Waals surface area contributed by atoms with Gasteiger partial charge in [-0.2, -0.15) is 5.26 Å². The van der Waals surface area contributed by atoms with Crippen LogP contribution in [-0.2, 0) is 6.42 Å². The molecule has 5 nitrogen and oxygen atoms in total. The van der Waals surface area contributed by atoms with Gasteiger partial charge < -0.3 is 14.4 Å². The molecular weight excluding hydrogens is 323 g/mol. The van der Waals surface area contributed by atoms with Crippen molar-refractivity contribution in [3.63, 3.8) is 0 Å². The van der Waals surface area contributed by atoms with E-state index < -0.39 is 6.04 Å². The highest BCUT2D eigenvalue weighted by Gasteiger charge is 2.39. The first-order valence-corrected chi connectivity index (χ1v) is 7.80. The number of ether oxygens (including phenoxy) is 2. The van der Waals surface area contributed by atoms with Crippen LogP contribution in [0.1, 0.15) is 27.5 Å². The molecule has 2 aromatic rings. The second-order valence-electron chi connectivity index (χ2n) is 5.70. The fourth-order valence-corrected chi connectivity index (χ4v) is 3.04. The summed E-state index contributed by atoms with van der Waals surface area (Å²) in [6, 6.07) is 10.9. The Morgan fingerprint density at radius 3 is 2.52 bits per heavy atom. The lowest BCUT2D eigenvalue weighted by Gasteiger charge is -2.20. The number of nitrogens with zero attached hydrogens (tertiary/aromatic N) is 2. The average molecular weight is 340 g/mol. The van der Waals surface area contributed by atoms with E-state index in [9.17, 15) is 14.4 Å². The quantitative estimate of drug-likeness (QED) is 0.839. The smallest absolute Gasteiger partial charge is 0.255 e. The minimum absolute atomic E-state index is 0.235. The van der Waals surface area contributed by atoms with Crippen molar-refractivity contribution < 1.29 is 18.7 Å². The second kappa shape index (κ2) is 6.81. The van der Waals surface area contributed by atoms with Crippen molar-refractivity contribution in [1.82, 2.24) is 4.90 Å². The number of amides is 1. The Balaban J connectivity index is 1.90. The van der Waals surface area contributed by atoms with Gasteiger partial charge in [0.05, 0.1) is 25.9 Å². The third-order valence-corrected chi connectivity index (χ3v) is 4.32. The van der Waals surface area contributed by atoms with Crippen LogP contribution in [-0.4, -0.2) is 31.6 Å². The molecule has 1 amide bonds. The van der Waals surface area contributed by atoms with Crippen LogP contribution in [0.2, 0.25) is 0 Å². The van der Waals surface area contributed by atoms with E-state index in [4.69, 9.17) is 9.47 Å². The lowest BCUT2D eigenvalue weighted by molar-refractivity contribution is 0.0759. The minimum Gasteiger partial charge on any atom is -0.497 e. The highest BCUT2D eigenvalue weighted by Crippen LogP contribution is 2.41. The van der Waals surface area contributed by atoms with Crippen LogP contribution in [0.25, 0.3) is 0 Å². The van der Waals surface area contributed by atoms with Crippen LogP contribution in [0.15, 0.2) is 36.4 Å². The van der Waals surface area contributed by atoms with Gasteiger partial charge in [0.25, 0.3) is 5.91 Å². The van der Waals surface area contributed by atoms with Crippen molar-refractivity contribution in [3.05, 3.63) is 58.9 Å². The second-order valence-corrected chi connectivity index (χ2v) is 5.70. The first-order valence-electron chi connectivity index (χ1n) is 7.80. The number of methoxy groups -OCH3 is 2. The molecule has 3 rings (SSSR count). The molecule has 1 heterocycles. The molecule has 1 atom stereocenters. The van der Waals surface area contributed by atoms with Gasteiger partial charge in [-0.25, -0.2) is 4.39 Å². The van der Waals surface area contributed by atoms with E-state index in [1.54, 1.807) is 24.3 Å². The number of hydrogen-bond acceptors (Lipinski definition) is 4. The van der Waals surface area contributed by atoms with Gasteiger partial charge >= 0.3 is 0 Å². The van der Waals surface area contributed by atoms with Gasteiger partial charge in [0.2, 0.25) is 0 Å². The molecule has 0 radical (unpaired) electrons. The Hall–Kier alpha value is -3.07. The fraction of sp³-hybridized carbons (Fsp3) is 0.263. The number of carbonyl (C=O) groups excluding carboxylic acids is 1. The molecule has 1 unspecified atom stereocenters. The van der Waals surface area contributed by atoms with Crippen LogP contribution in [0.5, 0.6) is 11.5 Å². The first-order chi connectivity index (χ1) is 12.1. The predicted molar refractivity (Wildman–Crippen MR) is 89.0 cm³/mol. The van der Waals surface area contributed by atoms with Crippen molar-refractivity contribution in [2.45, 2.75) is 12.5 Å². The summed E-state index contributed by atoms with van der Waals surface area (Å²) in [5.74, 6) is 0.417. The Morgan fingerprint density at radius 2 is 1.92 bits per heavy atom. The Bertz CT molecular complexity index is 843. The monoisotopic (exact) mass is 340 g/mol. The summed E-state index contributed by atoms with van der Waals surface area (Å²) in [6.07, 6.45) is 0.525. The van der Waals surface area contributed by atoms with Crippen LogP contribution in [0.3, 0.4) is 0 Å². The summed E-state index contributed by atoms with van der Waals surface area (Å²) in [7, 11) is 3.00. The van der Waals surface area contributed by atoms with E-state index in [1.165, 1.54) is 31.3 Å². The van der Waals surface area contributed by atoms with Crippen molar-refractivity contribution in [3.8, 4) is 17.6 Å². The van der Waals surface area contributed by atoms with E-state index in [-0.39, 0.29) is 11.7 Å². The van der Waals surface area contributed by atoms with E-state index in [0.717, 1.165) is 5.56 Å². The number of carbonyl (C=O) groups is 1. The third kappa shape index (κ3) is 3.01. The standard InChI is InChI=1S/C19H17FN2O3/c1-24-14-9-15-18(17(10-14)25-2)16(11-21)22(19(15)23)8-7-12-3-5-13(20)6-4-12/h3-6,9-10,16H,7-8H2,1-2H3. The lowest BCUT2D eigenvalue weighted by Crippen LogP contribution is -2.29. The molecular formula is C19H17FN2O3. The summed E-state index contributed by atoms with van der Waals surface area (Å²) in [5, 5.41) is 9.60. The third-order valence-electron chi connectivity index (χ3n) is 4.32. The minimum atomic E-state index is -0.719. The Kier molecular flexibility index (Phi) is 4.57. The summed E-state index contributed by atoms with van der Waals surface area (Å²) in [5.41, 5.74) is 1.88. The molecule has 0 saturated heterocycles. The van der Waals surface area contributed by atoms with Crippen LogP contribution in [0, 0.1) is 17.1 Å². The largest absolute Gasteiger partial charge is 0.497 e. The van der Waals surface area contributed by atoms with Crippen molar-refractivity contribution in [1.29, 1.82) is 5.26 Å². The number of halogens is 1. The maximum absolute atomic E-state index is 13.0. The maximum Gasteiger partial charge on any atom is 0.255 e. The van der Waals surface area contributed by atoms with Gasteiger partial charge in [-0.05, 0) is 30.2 Å². The van der Waals surface area contributed by atoms with E-state index >= 15 is 0 Å². The number of rotatable bonds is 5. The molecule has 1 aliphatic heterocycles. The van der Waals surface area contributed by atoms with Crippen molar-refractivity contribution >= 4 is 5.91 Å². The summed E-state index contributed by atoms with van der Waals surface area (Å²) < 4.78 is 23.6. The number of fused-ring (bicyclic) bond motifs is 1. The van der Waals surface area contributed by atoms with Gasteiger partial charge in [-0.1, -0.05) is 12.1 Å². The van der Waals surface area contributed by atoms with Gasteiger partial charge in [0, 0.05) is 18.2 Å². The fourth-order valence-electron chi connectivity index (χ4n) is 3.04. The first kappa shape index (κ1) is 16.8. The Morgan fingerprint density at radius 1 is 1.20 bits per heavy atom. The molecule has 128 valence electrons. The molecule has 2 aromatic carbocycles. The SMILES string of the molecule is COc1cc(OC)c2c(c1)C(=O)N(CCc1ccc(F)cc1)C2C#N. The molecule has 6 heteroatoms. The van der Waals surface area contributed by atoms with E-state index in [2.05, 4.69) is 6.07 Å². The van der Waals surface area contributed by atoms with E-state index in [1.807, 2.05) is 0 Å². The van der Waals surface area contributed by atoms with Crippen molar-refractivity contribution in [2.75, 3.05) is 20.8 Å². The van der Waals surface area contributed by atoms with Gasteiger partial charge in [-0.15, -0.1) is 0 Å². The van der Waals surface area contributed by atoms with Crippen LogP contribution >= 0.6 is 0 Å². The molecule has 0 spiro atoms. The average Bonchev–Trinajstić information content (AvgIpc) is 2.92. The molecule has 25 heavy (non-hydrogen) atoms. The zero-order chi connectivity index (χ0) is 18.0. The van der Waals surface area contributed by atoms with Gasteiger partial charge in [-0.3, -0.25) is 4.79 Å². The summed E-state index contributed by atoms with van der Waals surface area (Å²) in [4.78, 5) is 14.3. The molecule has 0 N–H and O–H groups in total. The van der Waals surface area contributed by atoms with Gasteiger partial charge in [0.1, 0.15) is 23.4 Å². The highest BCUT2D eigenvalue weighted by molar-refractivity contribution is 6.01. The lowest BCUT2D eigenvalue weighted by atomic mass is 10.0. The molecule has 0 aliphatic carbocycles. The van der Waals surface area contributed by atoms with Gasteiger partial charge in [0.15, 0.2) is 0 Å². The number of nitriles is 1. The summed E-state index contributed by atoms with van der Waals surface area (Å²) in [6.45, 7) is 0.350. The number of benzene rings is 2. The highest BCUT2D eigenvalue weighted by atomic mass is 19.1. The molecule has 1 aliphatic rings. The van der Waals surface area contributed by atoms with Crippen LogP contribution in [0.4, 0.5) is 4.39 Å². The Labute approximate surface area is 145 Å². The van der Waals surface area contributed by atoms with E-state index in [0.29, 0.717) is 35.6 Å². The molecule has 0 saturated carbocycles. The zero-order valence-electron chi connectivity index (χ0n) is 14.0. The zero-order valence-corrected chi connectivity index (χ0v) is 14.0. The number of hydrogen-bond donors (Lipinski definition) is 0. The predicted octanol–water partition coefficient (Wildman–Crippen LogP) is 3.11. The topological polar surface area (TPSA) is 62.6 Å². The molecule has 0 aromatic heterocycles. The van der Waals surface area contributed by atoms with Crippen LogP contribution < -0.4 is 9.47 Å². The van der Waals surface area contributed by atoms with Crippen molar-refractivity contribution in [2.24, 2.45) is 0 Å².